The summed E-state index contributed by atoms with van der Waals surface area (Å²) < 4.78 is 12.1. The normalized spacial score (nSPS) is 19.9. The molecule has 6 nitrogen and oxygen atoms in total. The molecule has 0 saturated carbocycles. The maximum absolute atomic E-state index is 11.3. The van der Waals surface area contributed by atoms with E-state index in [9.17, 15) is 9.90 Å². The first-order chi connectivity index (χ1) is 10.7. The van der Waals surface area contributed by atoms with Gasteiger partial charge in [0.05, 0.1) is 11.2 Å². The topological polar surface area (TPSA) is 80.7 Å². The predicted molar refractivity (Wildman–Crippen MR) is 89.2 cm³/mol. The molecule has 2 rings (SSSR count). The molecule has 0 amide bonds. The van der Waals surface area contributed by atoms with Gasteiger partial charge in [-0.25, -0.2) is 9.78 Å². The second-order valence-corrected chi connectivity index (χ2v) is 6.58. The number of nitrogens with one attached hydrogen (secondary N) is 1. The number of aromatic carboxylic acids is 1. The molecule has 1 fully saturated rings. The third-order valence-electron chi connectivity index (χ3n) is 4.32. The van der Waals surface area contributed by atoms with Crippen LogP contribution in [-0.4, -0.2) is 48.0 Å². The van der Waals surface area contributed by atoms with E-state index in [-0.39, 0.29) is 5.69 Å². The molecule has 1 aromatic rings. The van der Waals surface area contributed by atoms with Crippen molar-refractivity contribution in [2.45, 2.75) is 38.9 Å². The van der Waals surface area contributed by atoms with E-state index in [1.807, 2.05) is 34.7 Å². The summed E-state index contributed by atoms with van der Waals surface area (Å²) >= 11 is 0. The van der Waals surface area contributed by atoms with Gasteiger partial charge in [-0.3, -0.25) is 0 Å². The molecular weight excluding hydrogens is 295 g/mol. The molecule has 2 heterocycles. The highest BCUT2D eigenvalue weighted by atomic mass is 16.7. The molecule has 124 valence electrons. The van der Waals surface area contributed by atoms with Crippen molar-refractivity contribution in [3.05, 3.63) is 35.1 Å². The first-order valence-electron chi connectivity index (χ1n) is 7.57. The number of rotatable bonds is 5. The van der Waals surface area contributed by atoms with Crippen LogP contribution in [0.1, 0.15) is 43.7 Å². The van der Waals surface area contributed by atoms with Gasteiger partial charge in [-0.1, -0.05) is 12.1 Å². The molecule has 0 aliphatic carbocycles. The van der Waals surface area contributed by atoms with Crippen molar-refractivity contribution in [1.82, 2.24) is 10.3 Å². The van der Waals surface area contributed by atoms with Crippen LogP contribution >= 0.6 is 0 Å². The van der Waals surface area contributed by atoms with Crippen molar-refractivity contribution < 1.29 is 19.2 Å². The summed E-state index contributed by atoms with van der Waals surface area (Å²) in [5, 5.41) is 12.3. The molecule has 0 radical (unpaired) electrons. The summed E-state index contributed by atoms with van der Waals surface area (Å²) in [4.78, 5) is 15.2. The molecule has 0 atom stereocenters. The largest absolute Gasteiger partial charge is 0.491 e. The molecule has 23 heavy (non-hydrogen) atoms. The fraction of sp³-hybridized carbons (Fsp3) is 0.500. The Hall–Kier alpha value is -1.70. The maximum Gasteiger partial charge on any atom is 0.491 e. The van der Waals surface area contributed by atoms with Crippen LogP contribution in [0.3, 0.4) is 0 Å². The number of nitrogens with zero attached hydrogens (tertiary/aromatic N) is 1. The molecular formula is C16H23BN2O4. The van der Waals surface area contributed by atoms with Gasteiger partial charge < -0.3 is 19.7 Å². The van der Waals surface area contributed by atoms with E-state index in [1.165, 1.54) is 6.20 Å². The van der Waals surface area contributed by atoms with Crippen molar-refractivity contribution in [3.8, 4) is 0 Å². The number of carboxylic acids is 1. The van der Waals surface area contributed by atoms with Crippen molar-refractivity contribution >= 4 is 19.2 Å². The smallest absolute Gasteiger partial charge is 0.476 e. The second kappa shape index (κ2) is 6.43. The quantitative estimate of drug-likeness (QED) is 0.809. The van der Waals surface area contributed by atoms with Crippen LogP contribution in [0, 0.1) is 0 Å². The lowest BCUT2D eigenvalue weighted by Crippen LogP contribution is -2.41. The number of carbonyl (C=O) groups is 1. The van der Waals surface area contributed by atoms with Crippen LogP contribution in [0.5, 0.6) is 0 Å². The summed E-state index contributed by atoms with van der Waals surface area (Å²) in [6, 6.07) is 3.43. The Morgan fingerprint density at radius 2 is 1.96 bits per heavy atom. The van der Waals surface area contributed by atoms with Crippen LogP contribution in [0.25, 0.3) is 6.08 Å². The van der Waals surface area contributed by atoms with E-state index in [4.69, 9.17) is 9.31 Å². The highest BCUT2D eigenvalue weighted by Crippen LogP contribution is 2.38. The minimum Gasteiger partial charge on any atom is -0.476 e. The summed E-state index contributed by atoms with van der Waals surface area (Å²) in [5.74, 6) is -1.06. The van der Waals surface area contributed by atoms with Crippen LogP contribution < -0.4 is 5.32 Å². The summed E-state index contributed by atoms with van der Waals surface area (Å²) in [7, 11) is 1.29. The van der Waals surface area contributed by atoms with Crippen molar-refractivity contribution in [3.63, 3.8) is 0 Å². The highest BCUT2D eigenvalue weighted by molar-refractivity contribution is 6.56. The zero-order valence-electron chi connectivity index (χ0n) is 14.2. The minimum absolute atomic E-state index is 0.0117. The number of aromatic nitrogens is 1. The van der Waals surface area contributed by atoms with Crippen LogP contribution in [-0.2, 0) is 9.31 Å². The van der Waals surface area contributed by atoms with Gasteiger partial charge in [-0.2, -0.15) is 0 Å². The maximum atomic E-state index is 11.3. The Morgan fingerprint density at radius 3 is 2.48 bits per heavy atom. The van der Waals surface area contributed by atoms with E-state index >= 15 is 0 Å². The number of carboxylic acid groups (broad SMARTS) is 1. The Kier molecular flexibility index (Phi) is 4.94. The molecule has 1 aliphatic heterocycles. The molecule has 1 aliphatic rings. The van der Waals surface area contributed by atoms with Crippen molar-refractivity contribution in [2.75, 3.05) is 13.6 Å². The van der Waals surface area contributed by atoms with Gasteiger partial charge in [0.2, 0.25) is 0 Å². The first kappa shape index (κ1) is 17.7. The lowest BCUT2D eigenvalue weighted by atomic mass is 9.77. The average molecular weight is 318 g/mol. The summed E-state index contributed by atoms with van der Waals surface area (Å²) in [5.41, 5.74) is 0.462. The SMILES string of the molecule is CNCC(=Cc1cccnc1C(=O)O)B1OC(C)(C)C(C)(C)O1. The summed E-state index contributed by atoms with van der Waals surface area (Å²) in [6.07, 6.45) is 3.24. The van der Waals surface area contributed by atoms with Crippen LogP contribution in [0.4, 0.5) is 0 Å². The Bertz CT molecular complexity index is 612. The van der Waals surface area contributed by atoms with Gasteiger partial charge in [0.15, 0.2) is 5.69 Å². The summed E-state index contributed by atoms with van der Waals surface area (Å²) in [6.45, 7) is 8.45. The zero-order chi connectivity index (χ0) is 17.3. The Balaban J connectivity index is 2.39. The molecule has 0 bridgehead atoms. The average Bonchev–Trinajstić information content (AvgIpc) is 2.67. The van der Waals surface area contributed by atoms with Gasteiger partial charge in [-0.15, -0.1) is 0 Å². The van der Waals surface area contributed by atoms with Crippen molar-refractivity contribution in [1.29, 1.82) is 0 Å². The molecule has 0 aromatic carbocycles. The lowest BCUT2D eigenvalue weighted by molar-refractivity contribution is 0.00578. The lowest BCUT2D eigenvalue weighted by Gasteiger charge is -2.32. The van der Waals surface area contributed by atoms with Gasteiger partial charge in [0.1, 0.15) is 0 Å². The first-order valence-corrected chi connectivity index (χ1v) is 7.57. The van der Waals surface area contributed by atoms with Crippen molar-refractivity contribution in [2.24, 2.45) is 0 Å². The number of likely N-dealkylation sites (N-methyl/N-ethyl adjacent to an activating group) is 1. The number of pyridine rings is 1. The highest BCUT2D eigenvalue weighted by Gasteiger charge is 2.52. The molecule has 0 spiro atoms. The van der Waals surface area contributed by atoms with Crippen LogP contribution in [0.2, 0.25) is 0 Å². The fourth-order valence-corrected chi connectivity index (χ4v) is 2.31. The Labute approximate surface area is 137 Å². The molecule has 7 heteroatoms. The van der Waals surface area contributed by atoms with E-state index < -0.39 is 24.3 Å². The monoisotopic (exact) mass is 318 g/mol. The van der Waals surface area contributed by atoms with Gasteiger partial charge in [0, 0.05) is 18.3 Å². The molecule has 1 saturated heterocycles. The standard InChI is InChI=1S/C16H23BN2O4/c1-15(2)16(3,4)23-17(22-15)12(10-18-5)9-11-7-6-8-19-13(11)14(20)21/h6-9,18H,10H2,1-5H3,(H,20,21). The molecule has 1 aromatic heterocycles. The van der Waals surface area contributed by atoms with Gasteiger partial charge >= 0.3 is 13.1 Å². The Morgan fingerprint density at radius 1 is 1.35 bits per heavy atom. The van der Waals surface area contributed by atoms with Crippen LogP contribution in [0.15, 0.2) is 23.8 Å². The zero-order valence-corrected chi connectivity index (χ0v) is 14.2. The predicted octanol–water partition coefficient (Wildman–Crippen LogP) is 2.01. The third kappa shape index (κ3) is 3.63. The minimum atomic E-state index is -1.06. The second-order valence-electron chi connectivity index (χ2n) is 6.58. The van der Waals surface area contributed by atoms with E-state index in [2.05, 4.69) is 10.3 Å². The number of hydrogen-bond acceptors (Lipinski definition) is 5. The third-order valence-corrected chi connectivity index (χ3v) is 4.32. The van der Waals surface area contributed by atoms with E-state index in [0.29, 0.717) is 12.1 Å². The van der Waals surface area contributed by atoms with E-state index in [1.54, 1.807) is 18.2 Å². The van der Waals surface area contributed by atoms with Gasteiger partial charge in [-0.05, 0) is 46.3 Å². The van der Waals surface area contributed by atoms with E-state index in [0.717, 1.165) is 5.47 Å². The van der Waals surface area contributed by atoms with Gasteiger partial charge in [0.25, 0.3) is 0 Å². The number of hydrogen-bond donors (Lipinski definition) is 2. The molecule has 0 unspecified atom stereocenters. The molecule has 2 N–H and O–H groups in total. The fourth-order valence-electron chi connectivity index (χ4n) is 2.31.